The predicted octanol–water partition coefficient (Wildman–Crippen LogP) is 3.34. The molecule has 2 aromatic rings. The van der Waals surface area contributed by atoms with E-state index in [1.807, 2.05) is 29.2 Å². The highest BCUT2D eigenvalue weighted by molar-refractivity contribution is 5.80. The molecule has 0 aliphatic heterocycles. The van der Waals surface area contributed by atoms with Gasteiger partial charge in [0.25, 0.3) is 5.69 Å². The Morgan fingerprint density at radius 3 is 2.48 bits per heavy atom. The molecule has 0 N–H and O–H groups in total. The lowest BCUT2D eigenvalue weighted by molar-refractivity contribution is -0.385. The van der Waals surface area contributed by atoms with Crippen LogP contribution in [0.25, 0.3) is 0 Å². The Hall–Kier alpha value is -2.89. The number of rotatable bonds is 7. The van der Waals surface area contributed by atoms with E-state index >= 15 is 0 Å². The minimum atomic E-state index is -0.437. The normalized spacial score (nSPS) is 13.3. The molecule has 3 rings (SSSR count). The van der Waals surface area contributed by atoms with Crippen molar-refractivity contribution in [2.45, 2.75) is 31.8 Å². The SMILES string of the molecule is COc1ccc(CN(C(=O)Cc2ccccc2[N+](=O)[O-])C2CC2)cc1. The molecule has 6 heteroatoms. The lowest BCUT2D eigenvalue weighted by atomic mass is 10.1. The number of benzene rings is 2. The Kier molecular flexibility index (Phi) is 4.97. The second-order valence-corrected chi connectivity index (χ2v) is 6.16. The van der Waals surface area contributed by atoms with Crippen molar-refractivity contribution in [2.24, 2.45) is 0 Å². The molecule has 0 bridgehead atoms. The van der Waals surface area contributed by atoms with Gasteiger partial charge in [0.05, 0.1) is 18.5 Å². The highest BCUT2D eigenvalue weighted by Crippen LogP contribution is 2.30. The molecule has 25 heavy (non-hydrogen) atoms. The van der Waals surface area contributed by atoms with Gasteiger partial charge in [0, 0.05) is 24.2 Å². The average Bonchev–Trinajstić information content (AvgIpc) is 3.45. The highest BCUT2D eigenvalue weighted by Gasteiger charge is 2.33. The number of carbonyl (C=O) groups is 1. The van der Waals surface area contributed by atoms with E-state index < -0.39 is 4.92 Å². The zero-order chi connectivity index (χ0) is 17.8. The van der Waals surface area contributed by atoms with Crippen molar-refractivity contribution in [1.29, 1.82) is 0 Å². The summed E-state index contributed by atoms with van der Waals surface area (Å²) in [6.45, 7) is 0.508. The third kappa shape index (κ3) is 4.15. The molecule has 0 heterocycles. The maximum atomic E-state index is 12.8. The van der Waals surface area contributed by atoms with Gasteiger partial charge in [-0.2, -0.15) is 0 Å². The quantitative estimate of drug-likeness (QED) is 0.572. The van der Waals surface area contributed by atoms with Crippen LogP contribution in [-0.4, -0.2) is 28.9 Å². The summed E-state index contributed by atoms with van der Waals surface area (Å²) in [6.07, 6.45) is 2.02. The van der Waals surface area contributed by atoms with Crippen molar-refractivity contribution in [3.05, 3.63) is 69.8 Å². The number of para-hydroxylation sites is 1. The molecule has 1 amide bonds. The molecule has 1 saturated carbocycles. The molecule has 1 fully saturated rings. The topological polar surface area (TPSA) is 72.7 Å². The fourth-order valence-corrected chi connectivity index (χ4v) is 2.84. The molecular weight excluding hydrogens is 320 g/mol. The minimum Gasteiger partial charge on any atom is -0.497 e. The van der Waals surface area contributed by atoms with E-state index in [4.69, 9.17) is 4.74 Å². The standard InChI is InChI=1S/C19H20N2O4/c1-25-17-10-6-14(7-11-17)13-20(16-8-9-16)19(22)12-15-4-2-3-5-18(15)21(23)24/h2-7,10-11,16H,8-9,12-13H2,1H3. The van der Waals surface area contributed by atoms with Gasteiger partial charge < -0.3 is 9.64 Å². The van der Waals surface area contributed by atoms with Crippen molar-refractivity contribution in [3.63, 3.8) is 0 Å². The first kappa shape index (κ1) is 17.0. The summed E-state index contributed by atoms with van der Waals surface area (Å²) in [5.41, 5.74) is 1.47. The number of hydrogen-bond donors (Lipinski definition) is 0. The third-order valence-corrected chi connectivity index (χ3v) is 4.35. The van der Waals surface area contributed by atoms with Gasteiger partial charge in [0.1, 0.15) is 5.75 Å². The van der Waals surface area contributed by atoms with Crippen LogP contribution in [0.2, 0.25) is 0 Å². The Morgan fingerprint density at radius 1 is 1.20 bits per heavy atom. The Bertz CT molecular complexity index is 769. The molecule has 6 nitrogen and oxygen atoms in total. The maximum absolute atomic E-state index is 12.8. The molecule has 1 aliphatic rings. The number of nitro groups is 1. The first-order chi connectivity index (χ1) is 12.1. The van der Waals surface area contributed by atoms with Crippen LogP contribution in [0.15, 0.2) is 48.5 Å². The van der Waals surface area contributed by atoms with Crippen LogP contribution in [0, 0.1) is 10.1 Å². The van der Waals surface area contributed by atoms with E-state index in [0.29, 0.717) is 12.1 Å². The van der Waals surface area contributed by atoms with Crippen LogP contribution >= 0.6 is 0 Å². The van der Waals surface area contributed by atoms with Crippen molar-refractivity contribution in [3.8, 4) is 5.75 Å². The second kappa shape index (κ2) is 7.34. The zero-order valence-electron chi connectivity index (χ0n) is 14.1. The van der Waals surface area contributed by atoms with E-state index in [1.165, 1.54) is 6.07 Å². The fraction of sp³-hybridized carbons (Fsp3) is 0.316. The first-order valence-electron chi connectivity index (χ1n) is 8.23. The monoisotopic (exact) mass is 340 g/mol. The Morgan fingerprint density at radius 2 is 1.88 bits per heavy atom. The first-order valence-corrected chi connectivity index (χ1v) is 8.23. The van der Waals surface area contributed by atoms with Crippen LogP contribution in [0.4, 0.5) is 5.69 Å². The van der Waals surface area contributed by atoms with E-state index in [9.17, 15) is 14.9 Å². The number of nitro benzene ring substituents is 1. The van der Waals surface area contributed by atoms with Crippen LogP contribution in [-0.2, 0) is 17.8 Å². The molecule has 1 aliphatic carbocycles. The van der Waals surface area contributed by atoms with Gasteiger partial charge in [0.2, 0.25) is 5.91 Å². The summed E-state index contributed by atoms with van der Waals surface area (Å²) in [4.78, 5) is 25.3. The smallest absolute Gasteiger partial charge is 0.273 e. The Balaban J connectivity index is 1.74. The fourth-order valence-electron chi connectivity index (χ4n) is 2.84. The van der Waals surface area contributed by atoms with Crippen LogP contribution in [0.3, 0.4) is 0 Å². The van der Waals surface area contributed by atoms with Crippen LogP contribution < -0.4 is 4.74 Å². The van der Waals surface area contributed by atoms with Crippen molar-refractivity contribution >= 4 is 11.6 Å². The summed E-state index contributed by atoms with van der Waals surface area (Å²) < 4.78 is 5.15. The highest BCUT2D eigenvalue weighted by atomic mass is 16.6. The van der Waals surface area contributed by atoms with Gasteiger partial charge in [-0.15, -0.1) is 0 Å². The molecular formula is C19H20N2O4. The van der Waals surface area contributed by atoms with E-state index in [2.05, 4.69) is 0 Å². The summed E-state index contributed by atoms with van der Waals surface area (Å²) in [7, 11) is 1.61. The van der Waals surface area contributed by atoms with E-state index in [-0.39, 0.29) is 24.1 Å². The number of carbonyl (C=O) groups excluding carboxylic acids is 1. The maximum Gasteiger partial charge on any atom is 0.273 e. The molecule has 0 unspecified atom stereocenters. The number of amides is 1. The summed E-state index contributed by atoms with van der Waals surface area (Å²) in [5.74, 6) is 0.695. The van der Waals surface area contributed by atoms with Gasteiger partial charge >= 0.3 is 0 Å². The lowest BCUT2D eigenvalue weighted by Crippen LogP contribution is -2.33. The second-order valence-electron chi connectivity index (χ2n) is 6.16. The van der Waals surface area contributed by atoms with Gasteiger partial charge in [-0.25, -0.2) is 0 Å². The summed E-state index contributed by atoms with van der Waals surface area (Å²) in [5, 5.41) is 11.1. The van der Waals surface area contributed by atoms with E-state index in [1.54, 1.807) is 25.3 Å². The van der Waals surface area contributed by atoms with E-state index in [0.717, 1.165) is 24.2 Å². The van der Waals surface area contributed by atoms with Gasteiger partial charge in [-0.1, -0.05) is 30.3 Å². The third-order valence-electron chi connectivity index (χ3n) is 4.35. The summed E-state index contributed by atoms with van der Waals surface area (Å²) in [6, 6.07) is 14.3. The van der Waals surface area contributed by atoms with Crippen molar-refractivity contribution in [2.75, 3.05) is 7.11 Å². The zero-order valence-corrected chi connectivity index (χ0v) is 14.1. The number of ether oxygens (including phenoxy) is 1. The largest absolute Gasteiger partial charge is 0.497 e. The van der Waals surface area contributed by atoms with Crippen LogP contribution in [0.1, 0.15) is 24.0 Å². The number of methoxy groups -OCH3 is 1. The lowest BCUT2D eigenvalue weighted by Gasteiger charge is -2.23. The van der Waals surface area contributed by atoms with Crippen LogP contribution in [0.5, 0.6) is 5.75 Å². The van der Waals surface area contributed by atoms with Gasteiger partial charge in [0.15, 0.2) is 0 Å². The molecule has 0 atom stereocenters. The van der Waals surface area contributed by atoms with Gasteiger partial charge in [-0.05, 0) is 30.5 Å². The molecule has 2 aromatic carbocycles. The summed E-state index contributed by atoms with van der Waals surface area (Å²) >= 11 is 0. The number of nitrogens with zero attached hydrogens (tertiary/aromatic N) is 2. The Labute approximate surface area is 146 Å². The minimum absolute atomic E-state index is 0.00366. The molecule has 0 saturated heterocycles. The predicted molar refractivity (Wildman–Crippen MR) is 93.4 cm³/mol. The molecule has 130 valence electrons. The number of hydrogen-bond acceptors (Lipinski definition) is 4. The molecule has 0 aromatic heterocycles. The van der Waals surface area contributed by atoms with Gasteiger partial charge in [-0.3, -0.25) is 14.9 Å². The average molecular weight is 340 g/mol. The molecule has 0 radical (unpaired) electrons. The van der Waals surface area contributed by atoms with Crippen molar-refractivity contribution < 1.29 is 14.5 Å². The molecule has 0 spiro atoms. The van der Waals surface area contributed by atoms with Crippen molar-refractivity contribution in [1.82, 2.24) is 4.90 Å².